The molecule has 190 valence electrons. The second kappa shape index (κ2) is 13.0. The number of carbonyl (C=O) groups excluding carboxylic acids is 2. The first kappa shape index (κ1) is 27.8. The first-order valence-corrected chi connectivity index (χ1v) is 13.7. The van der Waals surface area contributed by atoms with E-state index in [9.17, 15) is 9.59 Å². The van der Waals surface area contributed by atoms with E-state index < -0.39 is 6.04 Å². The molecule has 0 heterocycles. The van der Waals surface area contributed by atoms with Gasteiger partial charge in [0, 0.05) is 28.2 Å². The summed E-state index contributed by atoms with van der Waals surface area (Å²) in [4.78, 5) is 28.0. The molecule has 0 radical (unpaired) electrons. The zero-order chi connectivity index (χ0) is 25.5. The fraction of sp³-hybridized carbons (Fsp3) is 0.481. The second-order valence-corrected chi connectivity index (χ2v) is 11.0. The Bertz CT molecular complexity index is 1020. The molecule has 0 spiro atoms. The number of benzene rings is 2. The molecule has 2 aromatic rings. The summed E-state index contributed by atoms with van der Waals surface area (Å²) in [6, 6.07) is 10.5. The molecule has 0 aliphatic heterocycles. The van der Waals surface area contributed by atoms with E-state index in [2.05, 4.69) is 35.1 Å². The molecular weight excluding hydrogens is 551 g/mol. The molecule has 5 nitrogen and oxygen atoms in total. The molecule has 0 aromatic heterocycles. The Kier molecular flexibility index (Phi) is 10.3. The van der Waals surface area contributed by atoms with Gasteiger partial charge in [0.05, 0.1) is 4.47 Å². The number of amides is 2. The third-order valence-corrected chi connectivity index (χ3v) is 7.81. The molecule has 0 saturated heterocycles. The fourth-order valence-electron chi connectivity index (χ4n) is 4.22. The van der Waals surface area contributed by atoms with Gasteiger partial charge in [0.15, 0.2) is 6.61 Å². The van der Waals surface area contributed by atoms with Crippen molar-refractivity contribution in [1.29, 1.82) is 0 Å². The Morgan fingerprint density at radius 3 is 2.34 bits per heavy atom. The standard InChI is InChI=1S/C27H33BrCl2N2O3/c1-17(2)19-12-13-25(22(28)14-19)35-16-26(33)32(15-21-23(29)10-7-11-24(21)30)18(3)27(34)31-20-8-5-4-6-9-20/h7,10-14,17-18,20H,4-6,8-9,15-16H2,1-3H3,(H,31,34)/t18-/m1/s1. The van der Waals surface area contributed by atoms with Crippen molar-refractivity contribution in [3.8, 4) is 5.75 Å². The minimum absolute atomic E-state index is 0.105. The SMILES string of the molecule is CC(C)c1ccc(OCC(=O)N(Cc2c(Cl)cccc2Cl)[C@H](C)C(=O)NC2CCCCC2)c(Br)c1. The molecule has 2 amide bonds. The Balaban J connectivity index is 1.77. The quantitative estimate of drug-likeness (QED) is 0.342. The van der Waals surface area contributed by atoms with Gasteiger partial charge >= 0.3 is 0 Å². The summed E-state index contributed by atoms with van der Waals surface area (Å²) in [5, 5.41) is 4.02. The van der Waals surface area contributed by atoms with Crippen molar-refractivity contribution in [2.45, 2.75) is 77.4 Å². The van der Waals surface area contributed by atoms with E-state index in [0.717, 1.165) is 30.2 Å². The first-order valence-electron chi connectivity index (χ1n) is 12.1. The predicted molar refractivity (Wildman–Crippen MR) is 145 cm³/mol. The third-order valence-electron chi connectivity index (χ3n) is 6.48. The molecule has 1 N–H and O–H groups in total. The Hall–Kier alpha value is -1.76. The van der Waals surface area contributed by atoms with Crippen LogP contribution in [-0.4, -0.2) is 35.4 Å². The first-order chi connectivity index (χ1) is 16.7. The van der Waals surface area contributed by atoms with E-state index in [0.29, 0.717) is 27.3 Å². The molecule has 1 atom stereocenters. The molecule has 1 aliphatic carbocycles. The number of ether oxygens (including phenoxy) is 1. The van der Waals surface area contributed by atoms with Crippen LogP contribution in [0.15, 0.2) is 40.9 Å². The summed E-state index contributed by atoms with van der Waals surface area (Å²) in [5.74, 6) is 0.433. The number of halogens is 3. The lowest BCUT2D eigenvalue weighted by atomic mass is 9.95. The van der Waals surface area contributed by atoms with Crippen LogP contribution < -0.4 is 10.1 Å². The topological polar surface area (TPSA) is 58.6 Å². The van der Waals surface area contributed by atoms with E-state index in [1.54, 1.807) is 25.1 Å². The Morgan fingerprint density at radius 2 is 1.74 bits per heavy atom. The van der Waals surface area contributed by atoms with E-state index in [-0.39, 0.29) is 31.0 Å². The third kappa shape index (κ3) is 7.61. The van der Waals surface area contributed by atoms with Crippen molar-refractivity contribution in [2.75, 3.05) is 6.61 Å². The maximum absolute atomic E-state index is 13.4. The van der Waals surface area contributed by atoms with Crippen molar-refractivity contribution in [3.05, 3.63) is 62.0 Å². The van der Waals surface area contributed by atoms with Gasteiger partial charge < -0.3 is 15.0 Å². The molecule has 1 aliphatic rings. The van der Waals surface area contributed by atoms with E-state index in [1.165, 1.54) is 16.9 Å². The average molecular weight is 584 g/mol. The van der Waals surface area contributed by atoms with Crippen LogP contribution in [0.3, 0.4) is 0 Å². The van der Waals surface area contributed by atoms with Gasteiger partial charge in [-0.1, -0.05) is 68.4 Å². The van der Waals surface area contributed by atoms with Crippen molar-refractivity contribution in [2.24, 2.45) is 0 Å². The summed E-state index contributed by atoms with van der Waals surface area (Å²) < 4.78 is 6.63. The molecule has 3 rings (SSSR count). The van der Waals surface area contributed by atoms with Crippen molar-refractivity contribution >= 4 is 50.9 Å². The minimum atomic E-state index is -0.716. The number of hydrogen-bond acceptors (Lipinski definition) is 3. The fourth-order valence-corrected chi connectivity index (χ4v) is 5.25. The summed E-state index contributed by atoms with van der Waals surface area (Å²) in [6.45, 7) is 5.84. The normalized spacial score (nSPS) is 15.1. The maximum Gasteiger partial charge on any atom is 0.261 e. The highest BCUT2D eigenvalue weighted by molar-refractivity contribution is 9.10. The van der Waals surface area contributed by atoms with Crippen LogP contribution in [-0.2, 0) is 16.1 Å². The number of rotatable bonds is 9. The van der Waals surface area contributed by atoms with Crippen LogP contribution >= 0.6 is 39.1 Å². The minimum Gasteiger partial charge on any atom is -0.483 e. The molecule has 0 bridgehead atoms. The largest absolute Gasteiger partial charge is 0.483 e. The molecule has 1 fully saturated rings. The summed E-state index contributed by atoms with van der Waals surface area (Å²) in [5.41, 5.74) is 1.77. The summed E-state index contributed by atoms with van der Waals surface area (Å²) in [6.07, 6.45) is 5.34. The van der Waals surface area contributed by atoms with Gasteiger partial charge in [0.25, 0.3) is 5.91 Å². The smallest absolute Gasteiger partial charge is 0.261 e. The second-order valence-electron chi connectivity index (χ2n) is 9.37. The van der Waals surface area contributed by atoms with Gasteiger partial charge in [-0.15, -0.1) is 0 Å². The molecular formula is C27H33BrCl2N2O3. The lowest BCUT2D eigenvalue weighted by molar-refractivity contribution is -0.142. The van der Waals surface area contributed by atoms with Crippen molar-refractivity contribution in [3.63, 3.8) is 0 Å². The molecule has 0 unspecified atom stereocenters. The summed E-state index contributed by atoms with van der Waals surface area (Å²) >= 11 is 16.3. The Morgan fingerprint density at radius 1 is 1.09 bits per heavy atom. The van der Waals surface area contributed by atoms with Gasteiger partial charge in [-0.2, -0.15) is 0 Å². The van der Waals surface area contributed by atoms with Crippen LogP contribution in [0.5, 0.6) is 5.75 Å². The van der Waals surface area contributed by atoms with Gasteiger partial charge in [-0.3, -0.25) is 9.59 Å². The highest BCUT2D eigenvalue weighted by Crippen LogP contribution is 2.30. The number of hydrogen-bond donors (Lipinski definition) is 1. The predicted octanol–water partition coefficient (Wildman–Crippen LogP) is 7.12. The van der Waals surface area contributed by atoms with Crippen molar-refractivity contribution < 1.29 is 14.3 Å². The van der Waals surface area contributed by atoms with Crippen LogP contribution in [0.25, 0.3) is 0 Å². The van der Waals surface area contributed by atoms with Gasteiger partial charge in [0.2, 0.25) is 5.91 Å². The molecule has 8 heteroatoms. The van der Waals surface area contributed by atoms with Gasteiger partial charge in [0.1, 0.15) is 11.8 Å². The highest BCUT2D eigenvalue weighted by Gasteiger charge is 2.29. The van der Waals surface area contributed by atoms with Crippen LogP contribution in [0.2, 0.25) is 10.0 Å². The van der Waals surface area contributed by atoms with E-state index in [1.807, 2.05) is 18.2 Å². The lowest BCUT2D eigenvalue weighted by Crippen LogP contribution is -2.51. The van der Waals surface area contributed by atoms with Crippen LogP contribution in [0.4, 0.5) is 0 Å². The van der Waals surface area contributed by atoms with Gasteiger partial charge in [-0.05, 0) is 71.4 Å². The zero-order valence-corrected chi connectivity index (χ0v) is 23.5. The lowest BCUT2D eigenvalue weighted by Gasteiger charge is -2.31. The Labute approximate surface area is 226 Å². The van der Waals surface area contributed by atoms with Crippen LogP contribution in [0.1, 0.15) is 69.9 Å². The van der Waals surface area contributed by atoms with Gasteiger partial charge in [-0.25, -0.2) is 0 Å². The highest BCUT2D eigenvalue weighted by atomic mass is 79.9. The number of nitrogens with zero attached hydrogens (tertiary/aromatic N) is 1. The zero-order valence-electron chi connectivity index (χ0n) is 20.5. The monoisotopic (exact) mass is 582 g/mol. The number of carbonyl (C=O) groups is 2. The van der Waals surface area contributed by atoms with E-state index in [4.69, 9.17) is 27.9 Å². The molecule has 1 saturated carbocycles. The average Bonchev–Trinajstić information content (AvgIpc) is 2.83. The number of nitrogens with one attached hydrogen (secondary N) is 1. The molecule has 35 heavy (non-hydrogen) atoms. The van der Waals surface area contributed by atoms with E-state index >= 15 is 0 Å². The summed E-state index contributed by atoms with van der Waals surface area (Å²) in [7, 11) is 0. The van der Waals surface area contributed by atoms with Crippen LogP contribution in [0, 0.1) is 0 Å². The van der Waals surface area contributed by atoms with Crippen molar-refractivity contribution in [1.82, 2.24) is 10.2 Å². The maximum atomic E-state index is 13.4. The molecule has 2 aromatic carbocycles.